The normalized spacial score (nSPS) is 18.6. The molecule has 1 aromatic rings. The van der Waals surface area contributed by atoms with Gasteiger partial charge in [0.05, 0.1) is 13.2 Å². The van der Waals surface area contributed by atoms with Gasteiger partial charge in [0.15, 0.2) is 5.79 Å². The number of nitrogens with one attached hydrogen (secondary N) is 1. The molecule has 0 unspecified atom stereocenters. The number of benzene rings is 1. The molecule has 0 bridgehead atoms. The van der Waals surface area contributed by atoms with Crippen LogP contribution in [0.25, 0.3) is 0 Å². The Bertz CT molecular complexity index is 328. The van der Waals surface area contributed by atoms with Gasteiger partial charge in [0.25, 0.3) is 0 Å². The van der Waals surface area contributed by atoms with Crippen molar-refractivity contribution in [1.29, 1.82) is 0 Å². The molecule has 1 fully saturated rings. The second-order valence-corrected chi connectivity index (χ2v) is 4.37. The van der Waals surface area contributed by atoms with Crippen molar-refractivity contribution in [2.45, 2.75) is 26.1 Å². The van der Waals surface area contributed by atoms with Crippen LogP contribution in [0.2, 0.25) is 0 Å². The lowest BCUT2D eigenvalue weighted by Gasteiger charge is -2.22. The first-order valence-corrected chi connectivity index (χ1v) is 5.76. The number of rotatable bonds is 4. The van der Waals surface area contributed by atoms with Crippen LogP contribution < -0.4 is 5.32 Å². The van der Waals surface area contributed by atoms with E-state index in [2.05, 4.69) is 36.5 Å². The summed E-state index contributed by atoms with van der Waals surface area (Å²) in [5.41, 5.74) is 2.42. The zero-order valence-corrected chi connectivity index (χ0v) is 9.95. The van der Waals surface area contributed by atoms with Gasteiger partial charge in [-0.25, -0.2) is 0 Å². The van der Waals surface area contributed by atoms with E-state index in [0.29, 0.717) is 13.2 Å². The summed E-state index contributed by atoms with van der Waals surface area (Å²) in [6.45, 7) is 6.36. The van der Waals surface area contributed by atoms with Crippen molar-refractivity contribution >= 4 is 5.69 Å². The van der Waals surface area contributed by atoms with Gasteiger partial charge in [-0.05, 0) is 26.0 Å². The van der Waals surface area contributed by atoms with Gasteiger partial charge in [-0.1, -0.05) is 17.7 Å². The Hall–Kier alpha value is -1.06. The van der Waals surface area contributed by atoms with Gasteiger partial charge in [0.1, 0.15) is 0 Å². The van der Waals surface area contributed by atoms with Gasteiger partial charge in [-0.2, -0.15) is 0 Å². The van der Waals surface area contributed by atoms with Crippen molar-refractivity contribution in [3.63, 3.8) is 0 Å². The molecule has 3 heteroatoms. The van der Waals surface area contributed by atoms with Crippen LogP contribution in [0.3, 0.4) is 0 Å². The van der Waals surface area contributed by atoms with Crippen molar-refractivity contribution in [2.24, 2.45) is 0 Å². The largest absolute Gasteiger partial charge is 0.385 e. The van der Waals surface area contributed by atoms with Crippen LogP contribution in [0.4, 0.5) is 5.69 Å². The third-order valence-electron chi connectivity index (χ3n) is 2.86. The van der Waals surface area contributed by atoms with Crippen LogP contribution >= 0.6 is 0 Å². The summed E-state index contributed by atoms with van der Waals surface area (Å²) in [6, 6.07) is 8.39. The predicted octanol–water partition coefficient (Wildman–Crippen LogP) is 2.56. The summed E-state index contributed by atoms with van der Waals surface area (Å²) in [4.78, 5) is 0. The quantitative estimate of drug-likeness (QED) is 0.847. The Labute approximate surface area is 96.8 Å². The maximum absolute atomic E-state index is 5.54. The molecule has 1 aliphatic heterocycles. The summed E-state index contributed by atoms with van der Waals surface area (Å²) >= 11 is 0. The summed E-state index contributed by atoms with van der Waals surface area (Å²) < 4.78 is 11.1. The first-order valence-electron chi connectivity index (χ1n) is 5.76. The second-order valence-electron chi connectivity index (χ2n) is 4.37. The van der Waals surface area contributed by atoms with E-state index in [1.807, 2.05) is 6.92 Å². The fraction of sp³-hybridized carbons (Fsp3) is 0.538. The molecule has 1 heterocycles. The number of hydrogen-bond donors (Lipinski definition) is 1. The van der Waals surface area contributed by atoms with Crippen LogP contribution in [-0.2, 0) is 9.47 Å². The van der Waals surface area contributed by atoms with E-state index in [9.17, 15) is 0 Å². The van der Waals surface area contributed by atoms with E-state index < -0.39 is 5.79 Å². The summed E-state index contributed by atoms with van der Waals surface area (Å²) in [6.07, 6.45) is 0.862. The van der Waals surface area contributed by atoms with E-state index >= 15 is 0 Å². The molecule has 0 atom stereocenters. The van der Waals surface area contributed by atoms with Crippen molar-refractivity contribution in [3.05, 3.63) is 29.8 Å². The molecule has 2 rings (SSSR count). The van der Waals surface area contributed by atoms with Gasteiger partial charge in [0, 0.05) is 18.7 Å². The van der Waals surface area contributed by atoms with Crippen molar-refractivity contribution in [1.82, 2.24) is 0 Å². The summed E-state index contributed by atoms with van der Waals surface area (Å²) in [5.74, 6) is -0.391. The van der Waals surface area contributed by atoms with Crippen LogP contribution in [0.15, 0.2) is 24.3 Å². The monoisotopic (exact) mass is 221 g/mol. The lowest BCUT2D eigenvalue weighted by atomic mass is 10.2. The molecule has 16 heavy (non-hydrogen) atoms. The number of anilines is 1. The Morgan fingerprint density at radius 2 is 1.81 bits per heavy atom. The fourth-order valence-corrected chi connectivity index (χ4v) is 1.81. The zero-order valence-electron chi connectivity index (χ0n) is 9.95. The van der Waals surface area contributed by atoms with Crippen LogP contribution in [0.5, 0.6) is 0 Å². The minimum atomic E-state index is -0.391. The SMILES string of the molecule is Cc1ccc(NCCC2(C)OCCO2)cc1. The predicted molar refractivity (Wildman–Crippen MR) is 64.6 cm³/mol. The minimum absolute atomic E-state index is 0.391. The molecule has 1 saturated heterocycles. The summed E-state index contributed by atoms with van der Waals surface area (Å²) in [5, 5.41) is 3.36. The van der Waals surface area contributed by atoms with E-state index in [1.54, 1.807) is 0 Å². The molecule has 0 aliphatic carbocycles. The highest BCUT2D eigenvalue weighted by Gasteiger charge is 2.29. The number of aryl methyl sites for hydroxylation is 1. The fourth-order valence-electron chi connectivity index (χ4n) is 1.81. The molecule has 1 aromatic carbocycles. The molecule has 1 aliphatic rings. The molecule has 0 aromatic heterocycles. The van der Waals surface area contributed by atoms with Crippen molar-refractivity contribution < 1.29 is 9.47 Å². The Morgan fingerprint density at radius 1 is 1.19 bits per heavy atom. The van der Waals surface area contributed by atoms with Crippen molar-refractivity contribution in [3.8, 4) is 0 Å². The molecule has 0 amide bonds. The van der Waals surface area contributed by atoms with Gasteiger partial charge >= 0.3 is 0 Å². The molecule has 0 saturated carbocycles. The second kappa shape index (κ2) is 4.85. The minimum Gasteiger partial charge on any atom is -0.385 e. The Balaban J connectivity index is 1.77. The molecule has 0 spiro atoms. The Morgan fingerprint density at radius 3 is 2.44 bits per heavy atom. The molecule has 3 nitrogen and oxygen atoms in total. The number of ether oxygens (including phenoxy) is 2. The van der Waals surface area contributed by atoms with Crippen LogP contribution in [-0.4, -0.2) is 25.5 Å². The molecule has 1 N–H and O–H groups in total. The third kappa shape index (κ3) is 2.97. The maximum Gasteiger partial charge on any atom is 0.167 e. The van der Waals surface area contributed by atoms with E-state index in [1.165, 1.54) is 5.56 Å². The van der Waals surface area contributed by atoms with Crippen molar-refractivity contribution in [2.75, 3.05) is 25.1 Å². The van der Waals surface area contributed by atoms with E-state index in [4.69, 9.17) is 9.47 Å². The zero-order chi connectivity index (χ0) is 11.4. The maximum atomic E-state index is 5.54. The van der Waals surface area contributed by atoms with E-state index in [-0.39, 0.29) is 0 Å². The highest BCUT2D eigenvalue weighted by Crippen LogP contribution is 2.22. The number of hydrogen-bond acceptors (Lipinski definition) is 3. The smallest absolute Gasteiger partial charge is 0.167 e. The lowest BCUT2D eigenvalue weighted by Crippen LogP contribution is -2.28. The topological polar surface area (TPSA) is 30.5 Å². The lowest BCUT2D eigenvalue weighted by molar-refractivity contribution is -0.144. The third-order valence-corrected chi connectivity index (χ3v) is 2.86. The van der Waals surface area contributed by atoms with E-state index in [0.717, 1.165) is 18.7 Å². The molecule has 88 valence electrons. The van der Waals surface area contributed by atoms with Gasteiger partial charge in [-0.15, -0.1) is 0 Å². The molecular weight excluding hydrogens is 202 g/mol. The molecular formula is C13H19NO2. The van der Waals surface area contributed by atoms with Gasteiger partial charge < -0.3 is 14.8 Å². The highest BCUT2D eigenvalue weighted by molar-refractivity contribution is 5.44. The first-order chi connectivity index (χ1) is 7.68. The Kier molecular flexibility index (Phi) is 3.46. The molecule has 0 radical (unpaired) electrons. The van der Waals surface area contributed by atoms with Gasteiger partial charge in [-0.3, -0.25) is 0 Å². The first kappa shape index (κ1) is 11.4. The van der Waals surface area contributed by atoms with Crippen LogP contribution in [0, 0.1) is 6.92 Å². The standard InChI is InChI=1S/C13H19NO2/c1-11-3-5-12(6-4-11)14-8-7-13(2)15-9-10-16-13/h3-6,14H,7-10H2,1-2H3. The average Bonchev–Trinajstić information content (AvgIpc) is 2.69. The highest BCUT2D eigenvalue weighted by atomic mass is 16.7. The summed E-state index contributed by atoms with van der Waals surface area (Å²) in [7, 11) is 0. The average molecular weight is 221 g/mol. The van der Waals surface area contributed by atoms with Gasteiger partial charge in [0.2, 0.25) is 0 Å². The van der Waals surface area contributed by atoms with Crippen LogP contribution in [0.1, 0.15) is 18.9 Å².